The van der Waals surface area contributed by atoms with Gasteiger partial charge < -0.3 is 19.9 Å². The van der Waals surface area contributed by atoms with Gasteiger partial charge in [0.2, 0.25) is 0 Å². The number of nitrogens with zero attached hydrogens (tertiary/aromatic N) is 2. The number of rotatable bonds is 2. The minimum absolute atomic E-state index is 0.161. The average molecular weight is 398 g/mol. The number of anilines is 1. The quantitative estimate of drug-likeness (QED) is 0.830. The summed E-state index contributed by atoms with van der Waals surface area (Å²) >= 11 is 0. The molecule has 0 radical (unpaired) electrons. The summed E-state index contributed by atoms with van der Waals surface area (Å²) in [6.45, 7) is 8.95. The molecule has 0 spiro atoms. The molecule has 3 rings (SSSR count). The van der Waals surface area contributed by atoms with E-state index in [1.807, 2.05) is 31.7 Å². The summed E-state index contributed by atoms with van der Waals surface area (Å²) in [7, 11) is -0.968. The van der Waals surface area contributed by atoms with Crippen molar-refractivity contribution in [3.63, 3.8) is 0 Å². The van der Waals surface area contributed by atoms with E-state index in [2.05, 4.69) is 5.32 Å². The van der Waals surface area contributed by atoms with E-state index >= 15 is 0 Å². The third kappa shape index (κ3) is 4.99. The van der Waals surface area contributed by atoms with Crippen molar-refractivity contribution < 1.29 is 18.1 Å². The van der Waals surface area contributed by atoms with Crippen molar-refractivity contribution in [3.8, 4) is 0 Å². The van der Waals surface area contributed by atoms with Crippen molar-refractivity contribution in [3.05, 3.63) is 29.6 Å². The van der Waals surface area contributed by atoms with Crippen molar-refractivity contribution in [1.82, 2.24) is 10.2 Å². The van der Waals surface area contributed by atoms with Gasteiger partial charge in [-0.05, 0) is 38.5 Å². The van der Waals surface area contributed by atoms with E-state index in [1.165, 1.54) is 6.07 Å². The van der Waals surface area contributed by atoms with Crippen LogP contribution in [0.1, 0.15) is 31.6 Å². The molecule has 150 valence electrons. The fraction of sp³-hybridized carbons (Fsp3) is 0.632. The summed E-state index contributed by atoms with van der Waals surface area (Å²) in [5.74, 6) is 0.293. The number of piperazine rings is 1. The molecule has 0 bridgehead atoms. The van der Waals surface area contributed by atoms with E-state index in [0.717, 1.165) is 12.1 Å². The molecule has 0 aromatic heterocycles. The minimum atomic E-state index is -0.968. The number of hydrogen-bond donors (Lipinski definition) is 1. The van der Waals surface area contributed by atoms with E-state index in [9.17, 15) is 13.4 Å². The molecule has 6 nitrogen and oxygen atoms in total. The Morgan fingerprint density at radius 1 is 1.26 bits per heavy atom. The van der Waals surface area contributed by atoms with E-state index in [4.69, 9.17) is 4.74 Å². The van der Waals surface area contributed by atoms with Crippen LogP contribution in [0, 0.1) is 5.82 Å². The van der Waals surface area contributed by atoms with Crippen molar-refractivity contribution in [1.29, 1.82) is 0 Å². The lowest BCUT2D eigenvalue weighted by Crippen LogP contribution is -2.50. The molecule has 8 heteroatoms. The lowest BCUT2D eigenvalue weighted by Gasteiger charge is -2.37. The third-order valence-electron chi connectivity index (χ3n) is 4.74. The third-order valence-corrected chi connectivity index (χ3v) is 6.42. The highest BCUT2D eigenvalue weighted by atomic mass is 32.2. The second-order valence-corrected chi connectivity index (χ2v) is 9.68. The molecule has 2 atom stereocenters. The number of hydrogen-bond acceptors (Lipinski definition) is 5. The van der Waals surface area contributed by atoms with E-state index < -0.39 is 16.4 Å². The van der Waals surface area contributed by atoms with Crippen molar-refractivity contribution >= 4 is 22.6 Å². The van der Waals surface area contributed by atoms with Crippen molar-refractivity contribution in [2.45, 2.75) is 31.6 Å². The predicted molar refractivity (Wildman–Crippen MR) is 105 cm³/mol. The molecule has 2 aliphatic rings. The van der Waals surface area contributed by atoms with E-state index in [0.29, 0.717) is 44.2 Å². The van der Waals surface area contributed by atoms with Gasteiger partial charge in [0.25, 0.3) is 0 Å². The number of nitrogens with one attached hydrogen (secondary N) is 1. The summed E-state index contributed by atoms with van der Waals surface area (Å²) in [6.07, 6.45) is -0.328. The Balaban J connectivity index is 1.63. The van der Waals surface area contributed by atoms with Crippen LogP contribution in [-0.2, 0) is 15.5 Å². The first kappa shape index (κ1) is 20.1. The van der Waals surface area contributed by atoms with Crippen LogP contribution in [0.3, 0.4) is 0 Å². The fourth-order valence-corrected chi connectivity index (χ4v) is 4.73. The smallest absolute Gasteiger partial charge is 0.410 e. The molecule has 2 aliphatic heterocycles. The molecule has 2 saturated heterocycles. The van der Waals surface area contributed by atoms with E-state index in [-0.39, 0.29) is 17.2 Å². The summed E-state index contributed by atoms with van der Waals surface area (Å²) in [5, 5.41) is 3.06. The highest BCUT2D eigenvalue weighted by Gasteiger charge is 2.28. The molecule has 1 aromatic rings. The van der Waals surface area contributed by atoms with Crippen LogP contribution in [0.2, 0.25) is 0 Å². The molecule has 2 heterocycles. The number of carbonyl (C=O) groups excluding carboxylic acids is 1. The monoisotopic (exact) mass is 397 g/mol. The van der Waals surface area contributed by atoms with Crippen LogP contribution in [0.15, 0.2) is 18.2 Å². The molecule has 2 fully saturated rings. The molecule has 1 N–H and O–H groups in total. The van der Waals surface area contributed by atoms with Gasteiger partial charge in [-0.1, -0.05) is 6.07 Å². The topological polar surface area (TPSA) is 61.9 Å². The summed E-state index contributed by atoms with van der Waals surface area (Å²) in [4.78, 5) is 15.7. The minimum Gasteiger partial charge on any atom is -0.444 e. The normalized spacial score (nSPS) is 24.0. The maximum atomic E-state index is 14.7. The van der Waals surface area contributed by atoms with Crippen LogP contribution in [0.4, 0.5) is 14.9 Å². The van der Waals surface area contributed by atoms with Gasteiger partial charge in [-0.3, -0.25) is 4.21 Å². The first-order valence-corrected chi connectivity index (χ1v) is 10.7. The van der Waals surface area contributed by atoms with Crippen LogP contribution >= 0.6 is 0 Å². The Hall–Kier alpha value is -1.67. The molecule has 0 aliphatic carbocycles. The zero-order chi connectivity index (χ0) is 19.6. The van der Waals surface area contributed by atoms with Crippen LogP contribution < -0.4 is 10.2 Å². The highest BCUT2D eigenvalue weighted by Crippen LogP contribution is 2.28. The number of amides is 1. The van der Waals surface area contributed by atoms with Crippen LogP contribution in [-0.4, -0.2) is 65.8 Å². The molecule has 27 heavy (non-hydrogen) atoms. The van der Waals surface area contributed by atoms with Gasteiger partial charge in [-0.2, -0.15) is 0 Å². The van der Waals surface area contributed by atoms with Crippen molar-refractivity contribution in [2.24, 2.45) is 0 Å². The second kappa shape index (κ2) is 8.14. The van der Waals surface area contributed by atoms with Gasteiger partial charge in [-0.25, -0.2) is 9.18 Å². The summed E-state index contributed by atoms with van der Waals surface area (Å²) < 4.78 is 32.3. The largest absolute Gasteiger partial charge is 0.444 e. The Morgan fingerprint density at radius 3 is 2.56 bits per heavy atom. The molecular formula is C19H28FN3O3S. The van der Waals surface area contributed by atoms with Gasteiger partial charge in [0.15, 0.2) is 0 Å². The standard InChI is InChI=1S/C19H28FN3O3S/c1-19(2,3)26-18(24)23-9-7-22(8-10-23)16-5-4-14(12-15(16)20)17-13-21-6-11-27(17)25/h4-5,12,17,21H,6-11,13H2,1-3H3. The SMILES string of the molecule is CC(C)(C)OC(=O)N1CCN(c2ccc(C3CNCCS3=O)cc2F)CC1. The number of benzene rings is 1. The second-order valence-electron chi connectivity index (χ2n) is 7.94. The summed E-state index contributed by atoms with van der Waals surface area (Å²) in [5.41, 5.74) is 0.774. The van der Waals surface area contributed by atoms with Gasteiger partial charge in [0.1, 0.15) is 11.4 Å². The number of ether oxygens (including phenoxy) is 1. The predicted octanol–water partition coefficient (Wildman–Crippen LogP) is 2.28. The maximum Gasteiger partial charge on any atom is 0.410 e. The fourth-order valence-electron chi connectivity index (χ4n) is 3.35. The van der Waals surface area contributed by atoms with Gasteiger partial charge in [0.05, 0.1) is 10.9 Å². The molecule has 1 amide bonds. The zero-order valence-corrected chi connectivity index (χ0v) is 17.0. The molecule has 2 unspecified atom stereocenters. The Bertz CT molecular complexity index is 715. The van der Waals surface area contributed by atoms with Gasteiger partial charge >= 0.3 is 6.09 Å². The van der Waals surface area contributed by atoms with E-state index in [1.54, 1.807) is 11.0 Å². The van der Waals surface area contributed by atoms with Crippen molar-refractivity contribution in [2.75, 3.05) is 49.9 Å². The molecule has 0 saturated carbocycles. The molecular weight excluding hydrogens is 369 g/mol. The first-order chi connectivity index (χ1) is 12.7. The number of halogens is 1. The lowest BCUT2D eigenvalue weighted by atomic mass is 10.1. The zero-order valence-electron chi connectivity index (χ0n) is 16.2. The maximum absolute atomic E-state index is 14.7. The number of carbonyl (C=O) groups is 1. The Labute approximate surface area is 162 Å². The Kier molecular flexibility index (Phi) is 6.05. The van der Waals surface area contributed by atoms with Gasteiger partial charge in [-0.15, -0.1) is 0 Å². The summed E-state index contributed by atoms with van der Waals surface area (Å²) in [6, 6.07) is 5.14. The lowest BCUT2D eigenvalue weighted by molar-refractivity contribution is 0.0240. The molecule has 1 aromatic carbocycles. The highest BCUT2D eigenvalue weighted by molar-refractivity contribution is 7.85. The van der Waals surface area contributed by atoms with Gasteiger partial charge in [0, 0.05) is 55.8 Å². The average Bonchev–Trinajstić information content (AvgIpc) is 2.61. The van der Waals surface area contributed by atoms with Crippen LogP contribution in [0.25, 0.3) is 0 Å². The Morgan fingerprint density at radius 2 is 1.96 bits per heavy atom. The van der Waals surface area contributed by atoms with Crippen LogP contribution in [0.5, 0.6) is 0 Å². The first-order valence-electron chi connectivity index (χ1n) is 9.35.